The Morgan fingerprint density at radius 2 is 1.59 bits per heavy atom. The molecule has 0 radical (unpaired) electrons. The molecule has 9 nitrogen and oxygen atoms in total. The molecule has 27 heavy (non-hydrogen) atoms. The number of carbonyl (C=O) groups is 2. The number of imide groups is 1. The van der Waals surface area contributed by atoms with Crippen molar-refractivity contribution in [2.45, 2.75) is 0 Å². The summed E-state index contributed by atoms with van der Waals surface area (Å²) in [7, 11) is 0. The number of benzene rings is 2. The van der Waals surface area contributed by atoms with Gasteiger partial charge < -0.3 is 10.2 Å². The fourth-order valence-electron chi connectivity index (χ4n) is 3.35. The number of nitro groups is 1. The Hall–Kier alpha value is -2.88. The molecule has 0 aliphatic carbocycles. The first-order chi connectivity index (χ1) is 13.0. The lowest BCUT2D eigenvalue weighted by molar-refractivity contribution is -0.383. The third kappa shape index (κ3) is 3.39. The second kappa shape index (κ2) is 7.78. The summed E-state index contributed by atoms with van der Waals surface area (Å²) in [4.78, 5) is 39.2. The third-order valence-corrected chi connectivity index (χ3v) is 4.64. The largest absolute Gasteiger partial charge is 0.395 e. The molecule has 9 heteroatoms. The molecule has 0 saturated heterocycles. The molecule has 0 aromatic heterocycles. The van der Waals surface area contributed by atoms with E-state index in [4.69, 9.17) is 10.2 Å². The van der Waals surface area contributed by atoms with Gasteiger partial charge in [-0.2, -0.15) is 0 Å². The lowest BCUT2D eigenvalue weighted by Crippen LogP contribution is -2.45. The van der Waals surface area contributed by atoms with Gasteiger partial charge in [0, 0.05) is 48.8 Å². The molecular weight excluding hydrogens is 354 g/mol. The van der Waals surface area contributed by atoms with Crippen molar-refractivity contribution in [3.63, 3.8) is 0 Å². The highest BCUT2D eigenvalue weighted by molar-refractivity contribution is 6.26. The maximum atomic E-state index is 12.8. The monoisotopic (exact) mass is 373 g/mol. The maximum Gasteiger partial charge on any atom is 0.277 e. The van der Waals surface area contributed by atoms with Crippen molar-refractivity contribution in [1.82, 2.24) is 9.80 Å². The number of nitrogens with zero attached hydrogens (tertiary/aromatic N) is 3. The van der Waals surface area contributed by atoms with Crippen LogP contribution in [0.5, 0.6) is 0 Å². The first kappa shape index (κ1) is 18.9. The second-order valence-corrected chi connectivity index (χ2v) is 6.17. The Bertz CT molecular complexity index is 885. The van der Waals surface area contributed by atoms with Gasteiger partial charge in [-0.1, -0.05) is 6.07 Å². The Balaban J connectivity index is 1.96. The van der Waals surface area contributed by atoms with Crippen LogP contribution < -0.4 is 0 Å². The first-order valence-electron chi connectivity index (χ1n) is 8.50. The molecule has 0 saturated carbocycles. The zero-order valence-corrected chi connectivity index (χ0v) is 14.5. The lowest BCUT2D eigenvalue weighted by atomic mass is 9.93. The smallest absolute Gasteiger partial charge is 0.277 e. The molecule has 142 valence electrons. The van der Waals surface area contributed by atoms with E-state index < -0.39 is 16.7 Å². The normalized spacial score (nSPS) is 13.7. The number of amides is 2. The number of rotatable bonds is 8. The lowest BCUT2D eigenvalue weighted by Gasteiger charge is -2.29. The van der Waals surface area contributed by atoms with Gasteiger partial charge in [-0.25, -0.2) is 0 Å². The molecule has 0 fully saturated rings. The molecule has 0 bridgehead atoms. The standard InChI is InChI=1S/C18H19N3O6/c22-10-8-19(9-11-23)6-7-20-17(24)13-3-1-2-12-15(21(26)27)5-4-14(16(12)13)18(20)25/h1-5,22-23H,6-11H2. The quantitative estimate of drug-likeness (QED) is 0.395. The van der Waals surface area contributed by atoms with Crippen LogP contribution in [-0.4, -0.2) is 76.1 Å². The average Bonchev–Trinajstić information content (AvgIpc) is 2.65. The van der Waals surface area contributed by atoms with Crippen molar-refractivity contribution in [3.05, 3.63) is 51.6 Å². The number of non-ortho nitro benzene ring substituents is 1. The minimum Gasteiger partial charge on any atom is -0.395 e. The summed E-state index contributed by atoms with van der Waals surface area (Å²) < 4.78 is 0. The van der Waals surface area contributed by atoms with Gasteiger partial charge in [0.15, 0.2) is 0 Å². The minimum atomic E-state index is -0.536. The van der Waals surface area contributed by atoms with E-state index in [-0.39, 0.29) is 42.0 Å². The van der Waals surface area contributed by atoms with E-state index in [9.17, 15) is 19.7 Å². The van der Waals surface area contributed by atoms with E-state index in [0.29, 0.717) is 25.0 Å². The molecule has 3 rings (SSSR count). The van der Waals surface area contributed by atoms with Crippen molar-refractivity contribution in [2.75, 3.05) is 39.4 Å². The highest BCUT2D eigenvalue weighted by Gasteiger charge is 2.34. The number of hydrogen-bond donors (Lipinski definition) is 2. The van der Waals surface area contributed by atoms with Gasteiger partial charge >= 0.3 is 0 Å². The summed E-state index contributed by atoms with van der Waals surface area (Å²) >= 11 is 0. The van der Waals surface area contributed by atoms with Crippen LogP contribution in [0.15, 0.2) is 30.3 Å². The van der Waals surface area contributed by atoms with Crippen LogP contribution in [0.25, 0.3) is 10.8 Å². The molecule has 1 heterocycles. The van der Waals surface area contributed by atoms with E-state index in [1.54, 1.807) is 17.0 Å². The molecule has 1 aliphatic heterocycles. The van der Waals surface area contributed by atoms with Crippen LogP contribution in [0.3, 0.4) is 0 Å². The minimum absolute atomic E-state index is 0.0878. The van der Waals surface area contributed by atoms with Gasteiger partial charge in [-0.15, -0.1) is 0 Å². The predicted octanol–water partition coefficient (Wildman–Crippen LogP) is 0.631. The summed E-state index contributed by atoms with van der Waals surface area (Å²) in [5.41, 5.74) is 0.352. The third-order valence-electron chi connectivity index (χ3n) is 4.64. The van der Waals surface area contributed by atoms with E-state index in [1.165, 1.54) is 18.2 Å². The summed E-state index contributed by atoms with van der Waals surface area (Å²) in [5, 5.41) is 30.0. The average molecular weight is 373 g/mol. The van der Waals surface area contributed by atoms with Gasteiger partial charge in [0.1, 0.15) is 0 Å². The van der Waals surface area contributed by atoms with Crippen LogP contribution in [0.4, 0.5) is 5.69 Å². The maximum absolute atomic E-state index is 12.8. The molecule has 2 N–H and O–H groups in total. The summed E-state index contributed by atoms with van der Waals surface area (Å²) in [6, 6.07) is 7.30. The van der Waals surface area contributed by atoms with Crippen LogP contribution >= 0.6 is 0 Å². The van der Waals surface area contributed by atoms with Gasteiger partial charge in [-0.05, 0) is 18.2 Å². The highest BCUT2D eigenvalue weighted by atomic mass is 16.6. The molecule has 0 atom stereocenters. The van der Waals surface area contributed by atoms with E-state index in [2.05, 4.69) is 0 Å². The number of nitro benzene ring substituents is 1. The van der Waals surface area contributed by atoms with Crippen LogP contribution in [-0.2, 0) is 0 Å². The van der Waals surface area contributed by atoms with Crippen molar-refractivity contribution >= 4 is 28.3 Å². The van der Waals surface area contributed by atoms with E-state index in [0.717, 1.165) is 4.90 Å². The van der Waals surface area contributed by atoms with Gasteiger partial charge in [0.25, 0.3) is 17.5 Å². The molecule has 0 spiro atoms. The zero-order chi connectivity index (χ0) is 19.6. The predicted molar refractivity (Wildman–Crippen MR) is 96.6 cm³/mol. The van der Waals surface area contributed by atoms with Crippen LogP contribution in [0.2, 0.25) is 0 Å². The summed E-state index contributed by atoms with van der Waals surface area (Å²) in [6.07, 6.45) is 0. The molecule has 2 aromatic carbocycles. The number of aliphatic hydroxyl groups is 2. The van der Waals surface area contributed by atoms with E-state index in [1.807, 2.05) is 0 Å². The first-order valence-corrected chi connectivity index (χ1v) is 8.50. The van der Waals surface area contributed by atoms with Gasteiger partial charge in [-0.3, -0.25) is 29.5 Å². The topological polar surface area (TPSA) is 124 Å². The Morgan fingerprint density at radius 1 is 0.963 bits per heavy atom. The van der Waals surface area contributed by atoms with Crippen molar-refractivity contribution in [1.29, 1.82) is 0 Å². The van der Waals surface area contributed by atoms with Crippen molar-refractivity contribution in [2.24, 2.45) is 0 Å². The number of hydrogen-bond acceptors (Lipinski definition) is 7. The molecule has 2 amide bonds. The second-order valence-electron chi connectivity index (χ2n) is 6.17. The molecule has 0 unspecified atom stereocenters. The summed E-state index contributed by atoms with van der Waals surface area (Å²) in [6.45, 7) is 0.813. The Labute approximate surface area is 154 Å². The summed E-state index contributed by atoms with van der Waals surface area (Å²) in [5.74, 6) is -1.02. The number of aliphatic hydroxyl groups excluding tert-OH is 2. The van der Waals surface area contributed by atoms with Gasteiger partial charge in [0.05, 0.1) is 23.5 Å². The van der Waals surface area contributed by atoms with Gasteiger partial charge in [0.2, 0.25) is 0 Å². The molecule has 2 aromatic rings. The van der Waals surface area contributed by atoms with Crippen LogP contribution in [0, 0.1) is 10.1 Å². The van der Waals surface area contributed by atoms with Crippen LogP contribution in [0.1, 0.15) is 20.7 Å². The fraction of sp³-hybridized carbons (Fsp3) is 0.333. The highest BCUT2D eigenvalue weighted by Crippen LogP contribution is 2.35. The molecular formula is C18H19N3O6. The number of carbonyl (C=O) groups excluding carboxylic acids is 2. The SMILES string of the molecule is O=C1c2cccc3c([N+](=O)[O-])ccc(c23)C(=O)N1CCN(CCO)CCO. The Morgan fingerprint density at radius 3 is 2.19 bits per heavy atom. The zero-order valence-electron chi connectivity index (χ0n) is 14.5. The molecule has 1 aliphatic rings. The fourth-order valence-corrected chi connectivity index (χ4v) is 3.35. The van der Waals surface area contributed by atoms with E-state index >= 15 is 0 Å². The van der Waals surface area contributed by atoms with Crippen molar-refractivity contribution in [3.8, 4) is 0 Å². The Kier molecular flexibility index (Phi) is 5.45. The van der Waals surface area contributed by atoms with Crippen molar-refractivity contribution < 1.29 is 24.7 Å².